The minimum Gasteiger partial charge on any atom is -0.377 e. The third-order valence-electron chi connectivity index (χ3n) is 10.9. The Labute approximate surface area is 368 Å². The van der Waals surface area contributed by atoms with Crippen LogP contribution in [-0.4, -0.2) is 103 Å². The van der Waals surface area contributed by atoms with Crippen molar-refractivity contribution < 1.29 is 28.6 Å². The summed E-state index contributed by atoms with van der Waals surface area (Å²) in [4.78, 5) is 36.4. The number of nitrogens with one attached hydrogen (secondary N) is 4. The van der Waals surface area contributed by atoms with Gasteiger partial charge in [0.25, 0.3) is 5.91 Å². The lowest BCUT2D eigenvalue weighted by Crippen LogP contribution is -2.36. The van der Waals surface area contributed by atoms with Gasteiger partial charge in [-0.1, -0.05) is 46.9 Å². The first-order chi connectivity index (χ1) is 30.0. The molecule has 0 unspecified atom stereocenters. The van der Waals surface area contributed by atoms with Crippen molar-refractivity contribution in [3.63, 3.8) is 0 Å². The summed E-state index contributed by atoms with van der Waals surface area (Å²) in [5.74, 6) is 0.762. The molecule has 2 saturated heterocycles. The van der Waals surface area contributed by atoms with Gasteiger partial charge in [-0.15, -0.1) is 5.11 Å². The Kier molecular flexibility index (Phi) is 16.9. The normalized spacial score (nSPS) is 16.9. The minimum absolute atomic E-state index is 0.0266. The molecule has 4 amide bonds. The van der Waals surface area contributed by atoms with E-state index >= 15 is 0 Å². The van der Waals surface area contributed by atoms with Gasteiger partial charge < -0.3 is 35.5 Å². The van der Waals surface area contributed by atoms with Crippen LogP contribution in [0.4, 0.5) is 10.5 Å². The summed E-state index contributed by atoms with van der Waals surface area (Å²) in [5, 5.41) is 25.5. The lowest BCUT2D eigenvalue weighted by Gasteiger charge is -2.16. The van der Waals surface area contributed by atoms with E-state index in [2.05, 4.69) is 112 Å². The highest BCUT2D eigenvalue weighted by Crippen LogP contribution is 2.33. The number of nitrogens with zero attached hydrogens (tertiary/aromatic N) is 5. The standard InChI is InChI=1S/C46H61N9O6S/c1-30-25-32(3)42(33(4)26-30)54-17-18-55(43-34(5)27-31(2)28-35(43)6)46(54)52-53-51-37-13-11-36(12-14-37)44(57)48-16-20-60-22-24-61-23-21-59-19-15-47-40(56)10-8-7-9-39-41-38(29-62-39)49-45(58)50-41/h11-14,17-18,25-28,38-39,41H,7-10,15-16,19-24,29H2,1-6H3,(H,47,56)(H,48,57)(H2,49,50,58)/t38-,39-,41-/m0/s1. The number of unbranched alkanes of at least 4 members (excludes halogenated alkanes) is 1. The lowest BCUT2D eigenvalue weighted by atomic mass is 10.0. The maximum Gasteiger partial charge on any atom is 0.315 e. The van der Waals surface area contributed by atoms with E-state index in [0.29, 0.717) is 81.3 Å². The molecule has 0 aliphatic carbocycles. The van der Waals surface area contributed by atoms with Gasteiger partial charge >= 0.3 is 6.03 Å². The van der Waals surface area contributed by atoms with Crippen LogP contribution >= 0.6 is 11.8 Å². The van der Waals surface area contributed by atoms with Gasteiger partial charge in [0.15, 0.2) is 0 Å². The van der Waals surface area contributed by atoms with Crippen LogP contribution in [0.2, 0.25) is 0 Å². The van der Waals surface area contributed by atoms with E-state index in [0.717, 1.165) is 58.6 Å². The van der Waals surface area contributed by atoms with Crippen molar-refractivity contribution in [3.05, 3.63) is 105 Å². The molecule has 1 aromatic heterocycles. The number of hydrogen-bond donors (Lipinski definition) is 4. The van der Waals surface area contributed by atoms with Crippen LogP contribution in [0.15, 0.2) is 76.4 Å². The van der Waals surface area contributed by atoms with E-state index in [1.165, 1.54) is 11.1 Å². The van der Waals surface area contributed by atoms with Crippen LogP contribution in [-0.2, 0) is 19.0 Å². The highest BCUT2D eigenvalue weighted by molar-refractivity contribution is 8.00. The molecule has 3 aromatic carbocycles. The molecule has 2 fully saturated rings. The van der Waals surface area contributed by atoms with Crippen molar-refractivity contribution in [2.75, 3.05) is 58.5 Å². The van der Waals surface area contributed by atoms with E-state index in [1.807, 2.05) is 24.2 Å². The maximum absolute atomic E-state index is 12.8. The molecule has 6 rings (SSSR count). The fourth-order valence-corrected chi connectivity index (χ4v) is 9.78. The first-order valence-corrected chi connectivity index (χ1v) is 22.5. The van der Waals surface area contributed by atoms with Crippen molar-refractivity contribution in [3.8, 4) is 11.4 Å². The molecule has 0 radical (unpaired) electrons. The number of aromatic nitrogens is 2. The molecule has 2 aliphatic rings. The second-order valence-corrected chi connectivity index (χ2v) is 17.3. The van der Waals surface area contributed by atoms with Crippen LogP contribution in [0.5, 0.6) is 0 Å². The van der Waals surface area contributed by atoms with Gasteiger partial charge in [0, 0.05) is 48.5 Å². The predicted octanol–water partition coefficient (Wildman–Crippen LogP) is 6.34. The van der Waals surface area contributed by atoms with Gasteiger partial charge in [-0.2, -0.15) is 11.8 Å². The summed E-state index contributed by atoms with van der Waals surface area (Å²) in [5.41, 5.74) is 10.7. The summed E-state index contributed by atoms with van der Waals surface area (Å²) in [6, 6.07) is 15.9. The second kappa shape index (κ2) is 22.7. The molecule has 0 saturated carbocycles. The summed E-state index contributed by atoms with van der Waals surface area (Å²) in [6.07, 6.45) is 7.30. The number of amides is 4. The van der Waals surface area contributed by atoms with Gasteiger partial charge in [0.2, 0.25) is 11.5 Å². The molecule has 15 nitrogen and oxygen atoms in total. The highest BCUT2D eigenvalue weighted by Gasteiger charge is 2.42. The Morgan fingerprint density at radius 2 is 1.29 bits per heavy atom. The third kappa shape index (κ3) is 12.6. The monoisotopic (exact) mass is 867 g/mol. The molecule has 332 valence electrons. The first kappa shape index (κ1) is 46.2. The van der Waals surface area contributed by atoms with Gasteiger partial charge in [0.05, 0.1) is 68.8 Å². The van der Waals surface area contributed by atoms with E-state index in [-0.39, 0.29) is 29.9 Å². The highest BCUT2D eigenvalue weighted by atomic mass is 32.2. The van der Waals surface area contributed by atoms with E-state index in [9.17, 15) is 14.4 Å². The number of rotatable bonds is 22. The average molecular weight is 868 g/mol. The predicted molar refractivity (Wildman–Crippen MR) is 242 cm³/mol. The third-order valence-corrected chi connectivity index (χ3v) is 12.4. The van der Waals surface area contributed by atoms with Crippen LogP contribution in [0.3, 0.4) is 0 Å². The van der Waals surface area contributed by atoms with Crippen molar-refractivity contribution in [1.82, 2.24) is 30.4 Å². The topological polar surface area (TPSA) is 174 Å². The molecule has 3 atom stereocenters. The molecule has 4 aromatic rings. The SMILES string of the molecule is Cc1cc(C)c(-n2ccn(-c3c(C)cc(C)cc3C)c2=NN=Nc2ccc(C(=O)NCCOCCOCCOCCNC(=O)CCCC[C@@H]3SC[C@@H]4NC(=O)N[C@@H]43)cc2)c(C)c1. The number of urea groups is 1. The molecular weight excluding hydrogens is 807 g/mol. The lowest BCUT2D eigenvalue weighted by molar-refractivity contribution is -0.121. The van der Waals surface area contributed by atoms with Gasteiger partial charge in [-0.25, -0.2) is 4.79 Å². The van der Waals surface area contributed by atoms with Crippen LogP contribution < -0.4 is 26.9 Å². The van der Waals surface area contributed by atoms with Crippen molar-refractivity contribution >= 4 is 35.3 Å². The summed E-state index contributed by atoms with van der Waals surface area (Å²) < 4.78 is 20.8. The minimum atomic E-state index is -0.214. The Bertz CT molecular complexity index is 2150. The molecule has 2 aliphatic heterocycles. The van der Waals surface area contributed by atoms with Crippen molar-refractivity contribution in [1.29, 1.82) is 0 Å². The van der Waals surface area contributed by atoms with Gasteiger partial charge in [-0.3, -0.25) is 18.7 Å². The molecular formula is C46H61N9O6S. The number of thioether (sulfide) groups is 1. The smallest absolute Gasteiger partial charge is 0.315 e. The zero-order valence-electron chi connectivity index (χ0n) is 36.8. The number of carbonyl (C=O) groups is 3. The van der Waals surface area contributed by atoms with E-state index < -0.39 is 0 Å². The maximum atomic E-state index is 12.8. The fourth-order valence-electron chi connectivity index (χ4n) is 8.23. The Balaban J connectivity index is 0.849. The quantitative estimate of drug-likeness (QED) is 0.0309. The number of imidazole rings is 1. The number of aryl methyl sites for hydroxylation is 6. The molecule has 4 N–H and O–H groups in total. The second-order valence-electron chi connectivity index (χ2n) is 16.0. The van der Waals surface area contributed by atoms with Crippen LogP contribution in [0.25, 0.3) is 11.4 Å². The van der Waals surface area contributed by atoms with Crippen LogP contribution in [0, 0.1) is 41.5 Å². The number of fused-ring (bicyclic) bond motifs is 1. The molecule has 0 spiro atoms. The summed E-state index contributed by atoms with van der Waals surface area (Å²) in [6.45, 7) is 15.8. The summed E-state index contributed by atoms with van der Waals surface area (Å²) >= 11 is 1.90. The van der Waals surface area contributed by atoms with Gasteiger partial charge in [-0.05, 0) is 106 Å². The Morgan fingerprint density at radius 3 is 1.87 bits per heavy atom. The average Bonchev–Trinajstić information content (AvgIpc) is 3.92. The molecule has 62 heavy (non-hydrogen) atoms. The molecule has 16 heteroatoms. The zero-order chi connectivity index (χ0) is 44.0. The largest absolute Gasteiger partial charge is 0.377 e. The molecule has 0 bridgehead atoms. The van der Waals surface area contributed by atoms with E-state index in [4.69, 9.17) is 14.2 Å². The number of benzene rings is 3. The summed E-state index contributed by atoms with van der Waals surface area (Å²) in [7, 11) is 0. The number of ether oxygens (including phenoxy) is 3. The van der Waals surface area contributed by atoms with E-state index in [1.54, 1.807) is 24.3 Å². The molecule has 3 heterocycles. The first-order valence-electron chi connectivity index (χ1n) is 21.5. The van der Waals surface area contributed by atoms with Gasteiger partial charge in [0.1, 0.15) is 0 Å². The van der Waals surface area contributed by atoms with Crippen LogP contribution in [0.1, 0.15) is 69.4 Å². The Morgan fingerprint density at radius 1 is 0.742 bits per heavy atom. The van der Waals surface area contributed by atoms with Crippen molar-refractivity contribution in [2.45, 2.75) is 84.6 Å². The Hall–Kier alpha value is -5.29. The van der Waals surface area contributed by atoms with Crippen molar-refractivity contribution in [2.24, 2.45) is 15.4 Å². The number of carbonyl (C=O) groups excluding carboxylic acids is 3. The zero-order valence-corrected chi connectivity index (χ0v) is 37.6. The number of hydrogen-bond acceptors (Lipinski definition) is 9. The fraction of sp³-hybridized carbons (Fsp3) is 0.478.